The lowest BCUT2D eigenvalue weighted by Gasteiger charge is -2.14. The molecule has 0 bridgehead atoms. The van der Waals surface area contributed by atoms with Gasteiger partial charge in [-0.3, -0.25) is 14.4 Å². The van der Waals surface area contributed by atoms with E-state index < -0.39 is 0 Å². The smallest absolute Gasteiger partial charge is 0.314 e. The lowest BCUT2D eigenvalue weighted by atomic mass is 9.91. The average Bonchev–Trinajstić information content (AvgIpc) is 2.93. The Bertz CT molecular complexity index is 914. The number of hydrogen-bond donors (Lipinski definition) is 4. The van der Waals surface area contributed by atoms with Crippen molar-refractivity contribution in [1.29, 1.82) is 0 Å². The number of allylic oxidation sites excluding steroid dienone is 2. The summed E-state index contributed by atoms with van der Waals surface area (Å²) < 4.78 is 5.39. The standard InChI is InChI=1S/C30H48N4O5/c1-5-10-26(28(36)6-2)11-7-8-16-32-30(38)33-17-9-18-39-22-29(37)34-21-25-14-12-24(13-15-25)20-27(35)19-23(3)31-4/h12-15,19,26,31H,5-11,16-18,20-22H2,1-4H3,(H,34,37)(H2,32,33,38)/b23-19-. The third-order valence-electron chi connectivity index (χ3n) is 6.35. The Kier molecular flexibility index (Phi) is 18.0. The highest BCUT2D eigenvalue weighted by Crippen LogP contribution is 2.17. The summed E-state index contributed by atoms with van der Waals surface area (Å²) in [5.74, 6) is 0.312. The summed E-state index contributed by atoms with van der Waals surface area (Å²) in [4.78, 5) is 47.8. The summed E-state index contributed by atoms with van der Waals surface area (Å²) in [6.45, 7) is 7.59. The Hall–Kier alpha value is -3.20. The van der Waals surface area contributed by atoms with Gasteiger partial charge in [0.25, 0.3) is 0 Å². The van der Waals surface area contributed by atoms with Gasteiger partial charge in [0.05, 0.1) is 0 Å². The molecule has 0 heterocycles. The summed E-state index contributed by atoms with van der Waals surface area (Å²) >= 11 is 0. The summed E-state index contributed by atoms with van der Waals surface area (Å²) in [6, 6.07) is 7.35. The molecule has 0 spiro atoms. The maximum Gasteiger partial charge on any atom is 0.314 e. The molecule has 1 unspecified atom stereocenters. The minimum Gasteiger partial charge on any atom is -0.392 e. The molecule has 9 nitrogen and oxygen atoms in total. The molecule has 4 N–H and O–H groups in total. The largest absolute Gasteiger partial charge is 0.392 e. The van der Waals surface area contributed by atoms with Crippen LogP contribution in [0.3, 0.4) is 0 Å². The topological polar surface area (TPSA) is 126 Å². The lowest BCUT2D eigenvalue weighted by Crippen LogP contribution is -2.37. The van der Waals surface area contributed by atoms with Crippen LogP contribution in [0.1, 0.15) is 76.8 Å². The monoisotopic (exact) mass is 544 g/mol. The van der Waals surface area contributed by atoms with E-state index in [-0.39, 0.29) is 30.2 Å². The number of nitrogens with one attached hydrogen (secondary N) is 4. The van der Waals surface area contributed by atoms with Gasteiger partial charge in [-0.05, 0) is 43.7 Å². The van der Waals surface area contributed by atoms with E-state index in [4.69, 9.17) is 4.74 Å². The molecule has 9 heteroatoms. The number of carbonyl (C=O) groups is 4. The first-order valence-electron chi connectivity index (χ1n) is 14.1. The Balaban J connectivity index is 2.08. The highest BCUT2D eigenvalue weighted by molar-refractivity contribution is 5.91. The van der Waals surface area contributed by atoms with Gasteiger partial charge in [0.15, 0.2) is 5.78 Å². The molecule has 0 saturated heterocycles. The minimum atomic E-state index is -0.220. The van der Waals surface area contributed by atoms with E-state index in [2.05, 4.69) is 28.2 Å². The normalized spacial score (nSPS) is 11.9. The Morgan fingerprint density at radius 3 is 2.21 bits per heavy atom. The van der Waals surface area contributed by atoms with E-state index in [0.29, 0.717) is 51.3 Å². The molecule has 1 rings (SSSR count). The number of hydrogen-bond acceptors (Lipinski definition) is 6. The van der Waals surface area contributed by atoms with Gasteiger partial charge in [-0.15, -0.1) is 0 Å². The molecular weight excluding hydrogens is 496 g/mol. The van der Waals surface area contributed by atoms with E-state index >= 15 is 0 Å². The predicted octanol–water partition coefficient (Wildman–Crippen LogP) is 3.81. The van der Waals surface area contributed by atoms with Gasteiger partial charge in [0.1, 0.15) is 12.4 Å². The Morgan fingerprint density at radius 1 is 0.897 bits per heavy atom. The zero-order valence-electron chi connectivity index (χ0n) is 24.2. The average molecular weight is 545 g/mol. The van der Waals surface area contributed by atoms with Gasteiger partial charge in [0.2, 0.25) is 5.91 Å². The van der Waals surface area contributed by atoms with Crippen LogP contribution in [-0.2, 0) is 32.1 Å². The van der Waals surface area contributed by atoms with Crippen molar-refractivity contribution in [3.8, 4) is 0 Å². The van der Waals surface area contributed by atoms with Crippen LogP contribution in [0.2, 0.25) is 0 Å². The molecule has 39 heavy (non-hydrogen) atoms. The van der Waals surface area contributed by atoms with Crippen LogP contribution >= 0.6 is 0 Å². The summed E-state index contributed by atoms with van der Waals surface area (Å²) in [5, 5.41) is 11.4. The maximum atomic E-state index is 12.0. The number of rotatable bonds is 21. The van der Waals surface area contributed by atoms with Gasteiger partial charge >= 0.3 is 6.03 Å². The first kappa shape index (κ1) is 33.8. The van der Waals surface area contributed by atoms with E-state index in [1.807, 2.05) is 38.1 Å². The Morgan fingerprint density at radius 2 is 1.56 bits per heavy atom. The molecule has 1 aromatic carbocycles. The molecule has 0 aliphatic heterocycles. The van der Waals surface area contributed by atoms with Gasteiger partial charge in [-0.25, -0.2) is 4.79 Å². The van der Waals surface area contributed by atoms with Gasteiger partial charge < -0.3 is 26.0 Å². The highest BCUT2D eigenvalue weighted by Gasteiger charge is 2.15. The number of carbonyl (C=O) groups excluding carboxylic acids is 4. The quantitative estimate of drug-likeness (QED) is 0.138. The second kappa shape index (κ2) is 20.7. The molecule has 3 amide bonds. The molecular formula is C30H48N4O5. The number of benzene rings is 1. The molecule has 0 saturated carbocycles. The van der Waals surface area contributed by atoms with Crippen molar-refractivity contribution in [1.82, 2.24) is 21.3 Å². The van der Waals surface area contributed by atoms with Crippen molar-refractivity contribution in [2.24, 2.45) is 5.92 Å². The number of ether oxygens (including phenoxy) is 1. The van der Waals surface area contributed by atoms with Crippen LogP contribution in [0.4, 0.5) is 4.79 Å². The highest BCUT2D eigenvalue weighted by atomic mass is 16.5. The van der Waals surface area contributed by atoms with Crippen molar-refractivity contribution in [3.05, 3.63) is 47.2 Å². The van der Waals surface area contributed by atoms with E-state index in [0.717, 1.165) is 48.9 Å². The number of urea groups is 1. The minimum absolute atomic E-state index is 0.0316. The molecule has 1 atom stereocenters. The van der Waals surface area contributed by atoms with Gasteiger partial charge in [0, 0.05) is 63.8 Å². The van der Waals surface area contributed by atoms with Crippen LogP contribution in [0.25, 0.3) is 0 Å². The van der Waals surface area contributed by atoms with Crippen molar-refractivity contribution in [2.45, 2.75) is 78.7 Å². The van der Waals surface area contributed by atoms with Gasteiger partial charge in [-0.1, -0.05) is 51.0 Å². The molecule has 0 aliphatic rings. The van der Waals surface area contributed by atoms with E-state index in [9.17, 15) is 19.2 Å². The third-order valence-corrected chi connectivity index (χ3v) is 6.35. The lowest BCUT2D eigenvalue weighted by molar-refractivity contribution is -0.126. The number of ketones is 2. The number of Topliss-reactive ketones (excluding diaryl/α,β-unsaturated/α-hetero) is 1. The van der Waals surface area contributed by atoms with E-state index in [1.165, 1.54) is 0 Å². The Labute approximate surface area is 233 Å². The molecule has 0 fully saturated rings. The molecule has 0 aliphatic carbocycles. The molecule has 1 aromatic rings. The second-order valence-corrected chi connectivity index (χ2v) is 9.70. The SMILES string of the molecule is CCCC(CCCCNC(=O)NCCCOCC(=O)NCc1ccc(CC(=O)/C=C(/C)NC)cc1)C(=O)CC. The maximum absolute atomic E-state index is 12.0. The molecule has 0 radical (unpaired) electrons. The summed E-state index contributed by atoms with van der Waals surface area (Å²) in [5.41, 5.74) is 2.68. The number of unbranched alkanes of at least 4 members (excludes halogenated alkanes) is 1. The van der Waals surface area contributed by atoms with Crippen molar-refractivity contribution >= 4 is 23.5 Å². The fourth-order valence-corrected chi connectivity index (χ4v) is 4.02. The van der Waals surface area contributed by atoms with E-state index in [1.54, 1.807) is 13.1 Å². The second-order valence-electron chi connectivity index (χ2n) is 9.70. The van der Waals surface area contributed by atoms with Gasteiger partial charge in [-0.2, -0.15) is 0 Å². The zero-order valence-corrected chi connectivity index (χ0v) is 24.2. The fraction of sp³-hybridized carbons (Fsp3) is 0.600. The summed E-state index contributed by atoms with van der Waals surface area (Å²) in [6.07, 6.45) is 7.73. The van der Waals surface area contributed by atoms with Crippen LogP contribution in [0.15, 0.2) is 36.0 Å². The van der Waals surface area contributed by atoms with Crippen molar-refractivity contribution < 1.29 is 23.9 Å². The van der Waals surface area contributed by atoms with Crippen LogP contribution < -0.4 is 21.3 Å². The van der Waals surface area contributed by atoms with Crippen LogP contribution in [-0.4, -0.2) is 56.9 Å². The third kappa shape index (κ3) is 16.4. The van der Waals surface area contributed by atoms with Crippen molar-refractivity contribution in [2.75, 3.05) is 33.4 Å². The molecule has 0 aromatic heterocycles. The number of amides is 3. The van der Waals surface area contributed by atoms with Crippen molar-refractivity contribution in [3.63, 3.8) is 0 Å². The molecule has 218 valence electrons. The summed E-state index contributed by atoms with van der Waals surface area (Å²) in [7, 11) is 1.78. The predicted molar refractivity (Wildman–Crippen MR) is 154 cm³/mol. The first-order chi connectivity index (χ1) is 18.8. The fourth-order valence-electron chi connectivity index (χ4n) is 4.02. The first-order valence-corrected chi connectivity index (χ1v) is 14.1. The van der Waals surface area contributed by atoms with Crippen LogP contribution in [0, 0.1) is 5.92 Å². The van der Waals surface area contributed by atoms with Crippen LogP contribution in [0.5, 0.6) is 0 Å². The zero-order chi connectivity index (χ0) is 28.9.